The molecule has 5 heteroatoms. The minimum atomic E-state index is -0.435. The molecule has 98 valence electrons. The predicted molar refractivity (Wildman–Crippen MR) is 78.7 cm³/mol. The molecule has 1 atom stereocenters. The van der Waals surface area contributed by atoms with Crippen LogP contribution in [0.5, 0.6) is 5.75 Å². The summed E-state index contributed by atoms with van der Waals surface area (Å²) < 4.78 is 21.4. The number of hydrogen-bond donors (Lipinski definition) is 1. The van der Waals surface area contributed by atoms with Gasteiger partial charge in [0.05, 0.1) is 13.2 Å². The zero-order chi connectivity index (χ0) is 13.4. The number of fused-ring (bicyclic) bond motifs is 1. The van der Waals surface area contributed by atoms with E-state index in [9.17, 15) is 4.39 Å². The molecule has 0 aliphatic rings. The van der Waals surface area contributed by atoms with Crippen LogP contribution in [0.1, 0.15) is 16.5 Å². The van der Waals surface area contributed by atoms with E-state index in [1.807, 2.05) is 11.4 Å². The van der Waals surface area contributed by atoms with Crippen molar-refractivity contribution in [3.63, 3.8) is 0 Å². The average Bonchev–Trinajstić information content (AvgIpc) is 2.98. The van der Waals surface area contributed by atoms with Crippen LogP contribution in [0.25, 0.3) is 9.40 Å². The molecule has 0 saturated carbocycles. The van der Waals surface area contributed by atoms with Crippen LogP contribution in [-0.2, 0) is 0 Å². The smallest absolute Gasteiger partial charge is 0.132 e. The second kappa shape index (κ2) is 4.92. The van der Waals surface area contributed by atoms with Crippen molar-refractivity contribution in [3.05, 3.63) is 52.0 Å². The Balaban J connectivity index is 1.99. The lowest BCUT2D eigenvalue weighted by Crippen LogP contribution is -2.12. The molecule has 0 saturated heterocycles. The first-order valence-electron chi connectivity index (χ1n) is 5.75. The molecule has 19 heavy (non-hydrogen) atoms. The van der Waals surface area contributed by atoms with Crippen molar-refractivity contribution < 1.29 is 9.13 Å². The van der Waals surface area contributed by atoms with Crippen molar-refractivity contribution in [2.45, 2.75) is 6.04 Å². The molecule has 3 rings (SSSR count). The van der Waals surface area contributed by atoms with Crippen LogP contribution < -0.4 is 10.5 Å². The van der Waals surface area contributed by atoms with E-state index >= 15 is 0 Å². The summed E-state index contributed by atoms with van der Waals surface area (Å²) in [5.74, 6) is 0.171. The van der Waals surface area contributed by atoms with Gasteiger partial charge in [-0.2, -0.15) is 0 Å². The van der Waals surface area contributed by atoms with E-state index in [4.69, 9.17) is 10.5 Å². The normalized spacial score (nSPS) is 12.8. The third-order valence-electron chi connectivity index (χ3n) is 3.01. The molecule has 0 aliphatic heterocycles. The van der Waals surface area contributed by atoms with Crippen molar-refractivity contribution in [2.75, 3.05) is 7.11 Å². The van der Waals surface area contributed by atoms with E-state index in [0.717, 1.165) is 4.88 Å². The van der Waals surface area contributed by atoms with Gasteiger partial charge in [0.15, 0.2) is 0 Å². The molecule has 0 amide bonds. The van der Waals surface area contributed by atoms with E-state index < -0.39 is 6.04 Å². The molecule has 0 fully saturated rings. The number of rotatable bonds is 3. The first-order valence-corrected chi connectivity index (χ1v) is 7.44. The lowest BCUT2D eigenvalue weighted by molar-refractivity contribution is 0.410. The summed E-state index contributed by atoms with van der Waals surface area (Å²) in [7, 11) is 1.52. The Morgan fingerprint density at radius 2 is 2.05 bits per heavy atom. The number of benzene rings is 1. The van der Waals surface area contributed by atoms with Crippen molar-refractivity contribution in [3.8, 4) is 5.75 Å². The Labute approximate surface area is 118 Å². The minimum absolute atomic E-state index is 0.330. The fourth-order valence-corrected chi connectivity index (χ4v) is 4.12. The largest absolute Gasteiger partial charge is 0.497 e. The highest BCUT2D eigenvalue weighted by atomic mass is 32.1. The zero-order valence-corrected chi connectivity index (χ0v) is 11.9. The second-order valence-electron chi connectivity index (χ2n) is 4.16. The summed E-state index contributed by atoms with van der Waals surface area (Å²) in [5, 5.41) is 2.05. The Kier molecular flexibility index (Phi) is 3.26. The van der Waals surface area contributed by atoms with E-state index in [1.54, 1.807) is 34.8 Å². The van der Waals surface area contributed by atoms with E-state index in [0.29, 0.717) is 11.3 Å². The SMILES string of the molecule is COc1ccc(C(N)c2cc3sccc3s2)c(F)c1. The Hall–Kier alpha value is -1.43. The van der Waals surface area contributed by atoms with Crippen molar-refractivity contribution in [2.24, 2.45) is 5.73 Å². The molecule has 0 bridgehead atoms. The summed E-state index contributed by atoms with van der Waals surface area (Å²) in [6.07, 6.45) is 0. The Morgan fingerprint density at radius 3 is 2.74 bits per heavy atom. The lowest BCUT2D eigenvalue weighted by atomic mass is 10.1. The minimum Gasteiger partial charge on any atom is -0.497 e. The summed E-state index contributed by atoms with van der Waals surface area (Å²) in [4.78, 5) is 0.978. The van der Waals surface area contributed by atoms with Gasteiger partial charge in [0.1, 0.15) is 11.6 Å². The van der Waals surface area contributed by atoms with Crippen LogP contribution in [0.2, 0.25) is 0 Å². The van der Waals surface area contributed by atoms with Gasteiger partial charge in [0, 0.05) is 25.9 Å². The molecule has 2 heterocycles. The summed E-state index contributed by atoms with van der Waals surface area (Å²) in [5.41, 5.74) is 6.66. The highest BCUT2D eigenvalue weighted by Crippen LogP contribution is 2.35. The summed E-state index contributed by atoms with van der Waals surface area (Å²) in [6.45, 7) is 0. The Morgan fingerprint density at radius 1 is 1.21 bits per heavy atom. The first-order chi connectivity index (χ1) is 9.19. The molecular formula is C14H12FNOS2. The van der Waals surface area contributed by atoms with Gasteiger partial charge in [-0.05, 0) is 23.6 Å². The number of ether oxygens (including phenoxy) is 1. The van der Waals surface area contributed by atoms with Gasteiger partial charge >= 0.3 is 0 Å². The third-order valence-corrected chi connectivity index (χ3v) is 5.18. The van der Waals surface area contributed by atoms with Crippen molar-refractivity contribution in [1.82, 2.24) is 0 Å². The van der Waals surface area contributed by atoms with E-state index in [-0.39, 0.29) is 5.82 Å². The van der Waals surface area contributed by atoms with Gasteiger partial charge in [0.25, 0.3) is 0 Å². The predicted octanol–water partition coefficient (Wildman–Crippen LogP) is 4.16. The van der Waals surface area contributed by atoms with Crippen LogP contribution in [0, 0.1) is 5.82 Å². The van der Waals surface area contributed by atoms with Gasteiger partial charge in [-0.25, -0.2) is 4.39 Å². The van der Waals surface area contributed by atoms with Crippen LogP contribution in [0.3, 0.4) is 0 Å². The first kappa shape index (κ1) is 12.6. The monoisotopic (exact) mass is 293 g/mol. The highest BCUT2D eigenvalue weighted by Gasteiger charge is 2.17. The number of methoxy groups -OCH3 is 1. The van der Waals surface area contributed by atoms with E-state index in [1.165, 1.54) is 22.6 Å². The van der Waals surface area contributed by atoms with Crippen LogP contribution >= 0.6 is 22.7 Å². The number of halogens is 1. The molecule has 0 radical (unpaired) electrons. The maximum absolute atomic E-state index is 14.0. The fraction of sp³-hybridized carbons (Fsp3) is 0.143. The molecule has 0 spiro atoms. The summed E-state index contributed by atoms with van der Waals surface area (Å²) >= 11 is 3.29. The number of thiophene rings is 2. The standard InChI is InChI=1S/C14H12FNOS2/c1-17-8-2-3-9(10(15)6-8)14(16)13-7-12-11(19-13)4-5-18-12/h2-7,14H,16H2,1H3. The zero-order valence-electron chi connectivity index (χ0n) is 10.2. The highest BCUT2D eigenvalue weighted by molar-refractivity contribution is 7.27. The Bertz CT molecular complexity index is 691. The van der Waals surface area contributed by atoms with Gasteiger partial charge < -0.3 is 10.5 Å². The molecule has 0 aliphatic carbocycles. The van der Waals surface area contributed by atoms with Gasteiger partial charge in [-0.3, -0.25) is 0 Å². The summed E-state index contributed by atoms with van der Waals surface area (Å²) in [6, 6.07) is 8.45. The molecule has 2 nitrogen and oxygen atoms in total. The molecule has 1 aromatic carbocycles. The third kappa shape index (κ3) is 2.25. The van der Waals surface area contributed by atoms with Crippen molar-refractivity contribution in [1.29, 1.82) is 0 Å². The topological polar surface area (TPSA) is 35.2 Å². The lowest BCUT2D eigenvalue weighted by Gasteiger charge is -2.12. The molecule has 3 aromatic rings. The van der Waals surface area contributed by atoms with Crippen LogP contribution in [0.15, 0.2) is 35.7 Å². The second-order valence-corrected chi connectivity index (χ2v) is 6.23. The number of nitrogens with two attached hydrogens (primary N) is 1. The van der Waals surface area contributed by atoms with Crippen LogP contribution in [-0.4, -0.2) is 7.11 Å². The number of hydrogen-bond acceptors (Lipinski definition) is 4. The maximum atomic E-state index is 14.0. The fourth-order valence-electron chi connectivity index (χ4n) is 1.98. The average molecular weight is 293 g/mol. The molecule has 2 N–H and O–H groups in total. The van der Waals surface area contributed by atoms with Gasteiger partial charge in [-0.15, -0.1) is 22.7 Å². The molecule has 1 unspecified atom stereocenters. The van der Waals surface area contributed by atoms with Gasteiger partial charge in [0.2, 0.25) is 0 Å². The van der Waals surface area contributed by atoms with Crippen LogP contribution in [0.4, 0.5) is 4.39 Å². The van der Waals surface area contributed by atoms with E-state index in [2.05, 4.69) is 6.07 Å². The van der Waals surface area contributed by atoms with Crippen molar-refractivity contribution >= 4 is 32.1 Å². The quantitative estimate of drug-likeness (QED) is 0.787. The van der Waals surface area contributed by atoms with Gasteiger partial charge in [-0.1, -0.05) is 6.07 Å². The maximum Gasteiger partial charge on any atom is 0.132 e. The molecule has 2 aromatic heterocycles. The molecular weight excluding hydrogens is 281 g/mol.